The molecule has 2 rings (SSSR count). The highest BCUT2D eigenvalue weighted by Gasteiger charge is 2.20. The van der Waals surface area contributed by atoms with Crippen LogP contribution in [0.15, 0.2) is 48.5 Å². The van der Waals surface area contributed by atoms with E-state index in [1.165, 1.54) is 5.56 Å². The molecule has 4 heteroatoms. The van der Waals surface area contributed by atoms with Crippen molar-refractivity contribution in [2.24, 2.45) is 0 Å². The molecule has 0 aromatic heterocycles. The third kappa shape index (κ3) is 5.75. The van der Waals surface area contributed by atoms with Crippen LogP contribution in [0.25, 0.3) is 0 Å². The van der Waals surface area contributed by atoms with Gasteiger partial charge in [-0.05, 0) is 36.1 Å². The lowest BCUT2D eigenvalue weighted by Crippen LogP contribution is -2.33. The van der Waals surface area contributed by atoms with Crippen LogP contribution in [0.3, 0.4) is 0 Å². The van der Waals surface area contributed by atoms with Gasteiger partial charge in [0.2, 0.25) is 0 Å². The standard InChI is InChI=1S/C22H31NO3/c1-16(17-9-7-6-8-10-17)23-14-18(24)15-26-21-12-11-19(25-5)13-20(21)22(2,3)4/h6-13,16,18,23-24H,14-15H2,1-5H3. The van der Waals surface area contributed by atoms with Gasteiger partial charge in [0, 0.05) is 18.2 Å². The van der Waals surface area contributed by atoms with E-state index >= 15 is 0 Å². The Morgan fingerprint density at radius 3 is 2.38 bits per heavy atom. The maximum Gasteiger partial charge on any atom is 0.123 e. The zero-order valence-electron chi connectivity index (χ0n) is 16.5. The SMILES string of the molecule is COc1ccc(OCC(O)CNC(C)c2ccccc2)c(C(C)(C)C)c1. The van der Waals surface area contributed by atoms with E-state index in [4.69, 9.17) is 9.47 Å². The molecule has 0 radical (unpaired) electrons. The normalized spacial score (nSPS) is 13.9. The van der Waals surface area contributed by atoms with E-state index in [9.17, 15) is 5.11 Å². The molecule has 2 atom stereocenters. The third-order valence-electron chi connectivity index (χ3n) is 4.39. The second-order valence-corrected chi connectivity index (χ2v) is 7.62. The van der Waals surface area contributed by atoms with E-state index in [2.05, 4.69) is 45.1 Å². The Bertz CT molecular complexity index is 680. The molecule has 0 amide bonds. The largest absolute Gasteiger partial charge is 0.497 e. The van der Waals surface area contributed by atoms with E-state index in [0.29, 0.717) is 6.54 Å². The summed E-state index contributed by atoms with van der Waals surface area (Å²) in [5.41, 5.74) is 2.19. The molecule has 0 aliphatic heterocycles. The molecular formula is C22H31NO3. The number of aliphatic hydroxyl groups excluding tert-OH is 1. The van der Waals surface area contributed by atoms with Gasteiger partial charge < -0.3 is 19.9 Å². The second-order valence-electron chi connectivity index (χ2n) is 7.62. The van der Waals surface area contributed by atoms with Crippen LogP contribution in [0.4, 0.5) is 0 Å². The van der Waals surface area contributed by atoms with Gasteiger partial charge in [0.05, 0.1) is 7.11 Å². The monoisotopic (exact) mass is 357 g/mol. The first-order chi connectivity index (χ1) is 12.3. The first kappa shape index (κ1) is 20.3. The molecule has 2 aromatic rings. The highest BCUT2D eigenvalue weighted by Crippen LogP contribution is 2.34. The summed E-state index contributed by atoms with van der Waals surface area (Å²) in [6.07, 6.45) is -0.587. The topological polar surface area (TPSA) is 50.7 Å². The summed E-state index contributed by atoms with van der Waals surface area (Å²) in [6.45, 7) is 9.20. The van der Waals surface area contributed by atoms with Crippen molar-refractivity contribution >= 4 is 0 Å². The lowest BCUT2D eigenvalue weighted by Gasteiger charge is -2.24. The first-order valence-corrected chi connectivity index (χ1v) is 9.09. The first-order valence-electron chi connectivity index (χ1n) is 9.09. The van der Waals surface area contributed by atoms with Crippen LogP contribution in [0, 0.1) is 0 Å². The number of benzene rings is 2. The van der Waals surface area contributed by atoms with E-state index < -0.39 is 6.10 Å². The summed E-state index contributed by atoms with van der Waals surface area (Å²) in [7, 11) is 1.66. The lowest BCUT2D eigenvalue weighted by atomic mass is 9.86. The minimum Gasteiger partial charge on any atom is -0.497 e. The Hall–Kier alpha value is -2.04. The quantitative estimate of drug-likeness (QED) is 0.747. The van der Waals surface area contributed by atoms with Crippen LogP contribution >= 0.6 is 0 Å². The van der Waals surface area contributed by atoms with Crippen LogP contribution in [-0.2, 0) is 5.41 Å². The molecule has 142 valence electrons. The maximum absolute atomic E-state index is 10.3. The third-order valence-corrected chi connectivity index (χ3v) is 4.39. The van der Waals surface area contributed by atoms with E-state index in [1.54, 1.807) is 7.11 Å². The molecule has 2 unspecified atom stereocenters. The van der Waals surface area contributed by atoms with Crippen LogP contribution in [0.1, 0.15) is 44.9 Å². The smallest absolute Gasteiger partial charge is 0.123 e. The number of rotatable bonds is 8. The van der Waals surface area contributed by atoms with E-state index in [0.717, 1.165) is 17.1 Å². The minimum absolute atomic E-state index is 0.0745. The summed E-state index contributed by atoms with van der Waals surface area (Å²) >= 11 is 0. The Balaban J connectivity index is 1.92. The van der Waals surface area contributed by atoms with Crippen molar-refractivity contribution in [3.63, 3.8) is 0 Å². The summed E-state index contributed by atoms with van der Waals surface area (Å²) in [5.74, 6) is 1.59. The number of aliphatic hydroxyl groups is 1. The second kappa shape index (κ2) is 9.06. The van der Waals surface area contributed by atoms with Crippen molar-refractivity contribution in [2.75, 3.05) is 20.3 Å². The predicted molar refractivity (Wildman–Crippen MR) is 106 cm³/mol. The van der Waals surface area contributed by atoms with Gasteiger partial charge in [0.25, 0.3) is 0 Å². The number of ether oxygens (including phenoxy) is 2. The van der Waals surface area contributed by atoms with Gasteiger partial charge in [-0.25, -0.2) is 0 Å². The molecule has 0 aliphatic carbocycles. The minimum atomic E-state index is -0.587. The van der Waals surface area contributed by atoms with Gasteiger partial charge in [-0.15, -0.1) is 0 Å². The summed E-state index contributed by atoms with van der Waals surface area (Å²) in [4.78, 5) is 0. The molecule has 0 saturated heterocycles. The molecule has 0 bridgehead atoms. The van der Waals surface area contributed by atoms with Crippen LogP contribution in [0.5, 0.6) is 11.5 Å². The van der Waals surface area contributed by atoms with Crippen molar-refractivity contribution in [1.29, 1.82) is 0 Å². The van der Waals surface area contributed by atoms with Gasteiger partial charge in [0.15, 0.2) is 0 Å². The van der Waals surface area contributed by atoms with Gasteiger partial charge in [-0.3, -0.25) is 0 Å². The van der Waals surface area contributed by atoms with Gasteiger partial charge in [0.1, 0.15) is 24.2 Å². The molecule has 4 nitrogen and oxygen atoms in total. The van der Waals surface area contributed by atoms with Gasteiger partial charge in [-0.2, -0.15) is 0 Å². The highest BCUT2D eigenvalue weighted by atomic mass is 16.5. The molecule has 0 aliphatic rings. The fourth-order valence-electron chi connectivity index (χ4n) is 2.77. The average Bonchev–Trinajstić information content (AvgIpc) is 2.64. The van der Waals surface area contributed by atoms with Crippen LogP contribution < -0.4 is 14.8 Å². The van der Waals surface area contributed by atoms with Gasteiger partial charge in [-0.1, -0.05) is 51.1 Å². The summed E-state index contributed by atoms with van der Waals surface area (Å²) in [6, 6.07) is 16.2. The lowest BCUT2D eigenvalue weighted by molar-refractivity contribution is 0.103. The van der Waals surface area contributed by atoms with Crippen molar-refractivity contribution in [1.82, 2.24) is 5.32 Å². The Labute approximate surface area is 157 Å². The van der Waals surface area contributed by atoms with Gasteiger partial charge >= 0.3 is 0 Å². The fraction of sp³-hybridized carbons (Fsp3) is 0.455. The van der Waals surface area contributed by atoms with Crippen molar-refractivity contribution in [3.8, 4) is 11.5 Å². The molecule has 2 N–H and O–H groups in total. The molecule has 2 aromatic carbocycles. The number of methoxy groups -OCH3 is 1. The fourth-order valence-corrected chi connectivity index (χ4v) is 2.77. The molecule has 0 spiro atoms. The van der Waals surface area contributed by atoms with Crippen LogP contribution in [0.2, 0.25) is 0 Å². The average molecular weight is 357 g/mol. The van der Waals surface area contributed by atoms with E-state index in [1.807, 2.05) is 36.4 Å². The Morgan fingerprint density at radius 2 is 1.77 bits per heavy atom. The zero-order valence-corrected chi connectivity index (χ0v) is 16.5. The number of hydrogen-bond donors (Lipinski definition) is 2. The van der Waals surface area contributed by atoms with Crippen LogP contribution in [-0.4, -0.2) is 31.5 Å². The van der Waals surface area contributed by atoms with E-state index in [-0.39, 0.29) is 18.1 Å². The van der Waals surface area contributed by atoms with Crippen molar-refractivity contribution in [2.45, 2.75) is 45.3 Å². The molecular weight excluding hydrogens is 326 g/mol. The maximum atomic E-state index is 10.3. The molecule has 26 heavy (non-hydrogen) atoms. The predicted octanol–water partition coefficient (Wildman–Crippen LogP) is 4.08. The molecule has 0 saturated carbocycles. The number of hydrogen-bond acceptors (Lipinski definition) is 4. The zero-order chi connectivity index (χ0) is 19.2. The van der Waals surface area contributed by atoms with Crippen molar-refractivity contribution < 1.29 is 14.6 Å². The molecule has 0 heterocycles. The summed E-state index contributed by atoms with van der Waals surface area (Å²) < 4.78 is 11.2. The number of nitrogens with one attached hydrogen (secondary N) is 1. The van der Waals surface area contributed by atoms with Crippen molar-refractivity contribution in [3.05, 3.63) is 59.7 Å². The Morgan fingerprint density at radius 1 is 1.08 bits per heavy atom. The molecule has 0 fully saturated rings. The summed E-state index contributed by atoms with van der Waals surface area (Å²) in [5, 5.41) is 13.6. The Kier molecular flexibility index (Phi) is 7.06. The highest BCUT2D eigenvalue weighted by molar-refractivity contribution is 5.44.